The summed E-state index contributed by atoms with van der Waals surface area (Å²) in [6, 6.07) is 0. The van der Waals surface area contributed by atoms with Crippen LogP contribution in [-0.4, -0.2) is 19.0 Å². The molecule has 2 nitrogen and oxygen atoms in total. The van der Waals surface area contributed by atoms with Gasteiger partial charge >= 0.3 is 0 Å². The lowest BCUT2D eigenvalue weighted by molar-refractivity contribution is -0.267. The fourth-order valence-electron chi connectivity index (χ4n) is 1.37. The summed E-state index contributed by atoms with van der Waals surface area (Å²) in [5.74, 6) is 0.938. The molecule has 0 spiro atoms. The van der Waals surface area contributed by atoms with Crippen molar-refractivity contribution in [2.75, 3.05) is 13.2 Å². The van der Waals surface area contributed by atoms with E-state index in [2.05, 4.69) is 13.8 Å². The number of rotatable bonds is 2. The molecule has 1 fully saturated rings. The van der Waals surface area contributed by atoms with Crippen molar-refractivity contribution in [2.24, 2.45) is 11.8 Å². The third kappa shape index (κ3) is 2.46. The zero-order chi connectivity index (χ0) is 9.19. The molecule has 2 heteroatoms. The largest absolute Gasteiger partial charge is 0.350 e. The first-order valence-electron chi connectivity index (χ1n) is 4.83. The Bertz CT molecular complexity index is 133. The molecule has 0 bridgehead atoms. The second-order valence-electron chi connectivity index (χ2n) is 4.17. The molecule has 0 aromatic carbocycles. The fourth-order valence-corrected chi connectivity index (χ4v) is 1.37. The van der Waals surface area contributed by atoms with Gasteiger partial charge < -0.3 is 9.47 Å². The first kappa shape index (κ1) is 10.0. The molecular formula is C10H20O2. The average Bonchev–Trinajstić information content (AvgIpc) is 2.03. The first-order chi connectivity index (χ1) is 5.55. The van der Waals surface area contributed by atoms with Gasteiger partial charge in [0.1, 0.15) is 0 Å². The topological polar surface area (TPSA) is 18.5 Å². The molecule has 1 aliphatic rings. The Morgan fingerprint density at radius 1 is 1.33 bits per heavy atom. The van der Waals surface area contributed by atoms with E-state index < -0.39 is 0 Å². The van der Waals surface area contributed by atoms with Crippen LogP contribution in [0.2, 0.25) is 0 Å². The van der Waals surface area contributed by atoms with Crippen LogP contribution in [-0.2, 0) is 9.47 Å². The third-order valence-corrected chi connectivity index (χ3v) is 2.74. The highest BCUT2D eigenvalue weighted by atomic mass is 16.7. The summed E-state index contributed by atoms with van der Waals surface area (Å²) in [5.41, 5.74) is 0. The van der Waals surface area contributed by atoms with Crippen LogP contribution in [0.5, 0.6) is 0 Å². The van der Waals surface area contributed by atoms with E-state index >= 15 is 0 Å². The van der Waals surface area contributed by atoms with Crippen LogP contribution in [0, 0.1) is 11.8 Å². The maximum atomic E-state index is 5.58. The molecule has 0 radical (unpaired) electrons. The molecule has 1 saturated heterocycles. The van der Waals surface area contributed by atoms with Crippen LogP contribution >= 0.6 is 0 Å². The predicted octanol–water partition coefficient (Wildman–Crippen LogP) is 2.43. The van der Waals surface area contributed by atoms with E-state index in [9.17, 15) is 0 Å². The molecule has 1 rings (SSSR count). The van der Waals surface area contributed by atoms with Crippen molar-refractivity contribution < 1.29 is 9.47 Å². The van der Waals surface area contributed by atoms with E-state index in [4.69, 9.17) is 9.47 Å². The van der Waals surface area contributed by atoms with Crippen LogP contribution < -0.4 is 0 Å². The van der Waals surface area contributed by atoms with Crippen molar-refractivity contribution in [2.45, 2.75) is 39.9 Å². The zero-order valence-corrected chi connectivity index (χ0v) is 8.59. The highest BCUT2D eigenvalue weighted by Gasteiger charge is 2.30. The summed E-state index contributed by atoms with van der Waals surface area (Å²) in [5, 5.41) is 0. The second-order valence-corrected chi connectivity index (χ2v) is 4.17. The van der Waals surface area contributed by atoms with Gasteiger partial charge in [0.05, 0.1) is 13.2 Å². The lowest BCUT2D eigenvalue weighted by Gasteiger charge is -2.37. The number of hydrogen-bond donors (Lipinski definition) is 0. The summed E-state index contributed by atoms with van der Waals surface area (Å²) in [6.45, 7) is 10.1. The SMILES string of the molecule is CCC(C)C1COC(C)(C)OC1. The molecule has 0 N–H and O–H groups in total. The minimum atomic E-state index is -0.357. The van der Waals surface area contributed by atoms with Gasteiger partial charge in [-0.25, -0.2) is 0 Å². The maximum absolute atomic E-state index is 5.58. The summed E-state index contributed by atoms with van der Waals surface area (Å²) in [7, 11) is 0. The summed E-state index contributed by atoms with van der Waals surface area (Å²) >= 11 is 0. The van der Waals surface area contributed by atoms with E-state index in [0.29, 0.717) is 11.8 Å². The summed E-state index contributed by atoms with van der Waals surface area (Å²) in [4.78, 5) is 0. The number of ether oxygens (including phenoxy) is 2. The summed E-state index contributed by atoms with van der Waals surface area (Å²) < 4.78 is 11.2. The van der Waals surface area contributed by atoms with Crippen molar-refractivity contribution in [3.8, 4) is 0 Å². The molecule has 1 atom stereocenters. The Balaban J connectivity index is 2.36. The lowest BCUT2D eigenvalue weighted by Crippen LogP contribution is -2.41. The molecule has 1 unspecified atom stereocenters. The molecule has 0 saturated carbocycles. The molecule has 72 valence electrons. The Labute approximate surface area is 75.2 Å². The number of hydrogen-bond acceptors (Lipinski definition) is 2. The molecular weight excluding hydrogens is 152 g/mol. The van der Waals surface area contributed by atoms with E-state index in [1.54, 1.807) is 0 Å². The maximum Gasteiger partial charge on any atom is 0.162 e. The zero-order valence-electron chi connectivity index (χ0n) is 8.59. The van der Waals surface area contributed by atoms with Gasteiger partial charge in [-0.05, 0) is 19.8 Å². The minimum Gasteiger partial charge on any atom is -0.350 e. The van der Waals surface area contributed by atoms with Gasteiger partial charge in [0.25, 0.3) is 0 Å². The highest BCUT2D eigenvalue weighted by Crippen LogP contribution is 2.26. The van der Waals surface area contributed by atoms with Crippen LogP contribution in [0.1, 0.15) is 34.1 Å². The Morgan fingerprint density at radius 2 is 1.83 bits per heavy atom. The quantitative estimate of drug-likeness (QED) is 0.637. The molecule has 1 aliphatic heterocycles. The predicted molar refractivity (Wildman–Crippen MR) is 48.9 cm³/mol. The van der Waals surface area contributed by atoms with Crippen LogP contribution in [0.25, 0.3) is 0 Å². The Kier molecular flexibility index (Phi) is 3.13. The van der Waals surface area contributed by atoms with Gasteiger partial charge in [0.15, 0.2) is 5.79 Å². The van der Waals surface area contributed by atoms with E-state index in [-0.39, 0.29) is 5.79 Å². The average molecular weight is 172 g/mol. The second kappa shape index (κ2) is 3.75. The normalized spacial score (nSPS) is 27.0. The Morgan fingerprint density at radius 3 is 2.25 bits per heavy atom. The molecule has 0 amide bonds. The Hall–Kier alpha value is -0.0800. The van der Waals surface area contributed by atoms with Crippen molar-refractivity contribution in [3.63, 3.8) is 0 Å². The van der Waals surface area contributed by atoms with Gasteiger partial charge in [0, 0.05) is 5.92 Å². The van der Waals surface area contributed by atoms with Crippen LogP contribution in [0.3, 0.4) is 0 Å². The first-order valence-corrected chi connectivity index (χ1v) is 4.83. The highest BCUT2D eigenvalue weighted by molar-refractivity contribution is 4.71. The van der Waals surface area contributed by atoms with E-state index in [1.807, 2.05) is 13.8 Å². The van der Waals surface area contributed by atoms with Crippen molar-refractivity contribution >= 4 is 0 Å². The fraction of sp³-hybridized carbons (Fsp3) is 1.00. The minimum absolute atomic E-state index is 0.357. The lowest BCUT2D eigenvalue weighted by atomic mass is 9.92. The standard InChI is InChI=1S/C10H20O2/c1-5-8(2)9-6-11-10(3,4)12-7-9/h8-9H,5-7H2,1-4H3. The van der Waals surface area contributed by atoms with Gasteiger partial charge in [0.2, 0.25) is 0 Å². The monoisotopic (exact) mass is 172 g/mol. The van der Waals surface area contributed by atoms with Gasteiger partial charge in [-0.15, -0.1) is 0 Å². The van der Waals surface area contributed by atoms with E-state index in [0.717, 1.165) is 13.2 Å². The molecule has 0 aliphatic carbocycles. The molecule has 0 aromatic rings. The molecule has 0 aromatic heterocycles. The van der Waals surface area contributed by atoms with Crippen LogP contribution in [0.4, 0.5) is 0 Å². The summed E-state index contributed by atoms with van der Waals surface area (Å²) in [6.07, 6.45) is 1.21. The third-order valence-electron chi connectivity index (χ3n) is 2.74. The van der Waals surface area contributed by atoms with Crippen molar-refractivity contribution in [1.82, 2.24) is 0 Å². The van der Waals surface area contributed by atoms with Gasteiger partial charge in [-0.3, -0.25) is 0 Å². The van der Waals surface area contributed by atoms with Gasteiger partial charge in [-0.1, -0.05) is 20.3 Å². The van der Waals surface area contributed by atoms with E-state index in [1.165, 1.54) is 6.42 Å². The molecule has 12 heavy (non-hydrogen) atoms. The smallest absolute Gasteiger partial charge is 0.162 e. The van der Waals surface area contributed by atoms with Crippen molar-refractivity contribution in [3.05, 3.63) is 0 Å². The van der Waals surface area contributed by atoms with Crippen molar-refractivity contribution in [1.29, 1.82) is 0 Å². The van der Waals surface area contributed by atoms with Gasteiger partial charge in [-0.2, -0.15) is 0 Å². The molecule has 1 heterocycles. The van der Waals surface area contributed by atoms with Crippen LogP contribution in [0.15, 0.2) is 0 Å².